The lowest BCUT2D eigenvalue weighted by atomic mass is 10.9. The summed E-state index contributed by atoms with van der Waals surface area (Å²) in [6.07, 6.45) is 1.23. The number of hydrazine groups is 1. The van der Waals surface area contributed by atoms with E-state index in [0.29, 0.717) is 0 Å². The molecule has 0 bridgehead atoms. The van der Waals surface area contributed by atoms with Gasteiger partial charge in [0, 0.05) is 0 Å². The van der Waals surface area contributed by atoms with Gasteiger partial charge < -0.3 is 0 Å². The van der Waals surface area contributed by atoms with Crippen LogP contribution in [-0.2, 0) is 0 Å². The molecule has 0 fully saturated rings. The normalized spacial score (nSPS) is 7.80. The number of rotatable bonds is 1. The van der Waals surface area contributed by atoms with E-state index in [1.165, 1.54) is 11.7 Å². The maximum Gasteiger partial charge on any atom is 0.343 e. The van der Waals surface area contributed by atoms with Crippen LogP contribution in [0.4, 0.5) is 5.00 Å². The maximum absolute atomic E-state index is 9.84. The third-order valence-corrected chi connectivity index (χ3v) is 1.32. The fourth-order valence-corrected chi connectivity index (χ4v) is 0.737. The quantitative estimate of drug-likeness (QED) is 0.339. The molecule has 6 nitrogen and oxygen atoms in total. The monoisotopic (exact) mass is 162 g/mol. The minimum atomic E-state index is -0.461. The zero-order valence-electron chi connectivity index (χ0n) is 4.93. The van der Waals surface area contributed by atoms with Crippen LogP contribution in [-0.4, -0.2) is 9.91 Å². The molecule has 0 saturated carbocycles. The Kier molecular flexibility index (Phi) is 4.29. The van der Waals surface area contributed by atoms with Crippen molar-refractivity contribution in [3.63, 3.8) is 0 Å². The summed E-state index contributed by atoms with van der Waals surface area (Å²) in [6.45, 7) is 0. The van der Waals surface area contributed by atoms with Gasteiger partial charge in [-0.2, -0.15) is 0 Å². The van der Waals surface area contributed by atoms with Crippen LogP contribution >= 0.6 is 11.3 Å². The van der Waals surface area contributed by atoms with Crippen molar-refractivity contribution in [2.24, 2.45) is 11.7 Å². The Hall–Kier alpha value is -1.05. The fraction of sp³-hybridized carbons (Fsp3) is 0. The van der Waals surface area contributed by atoms with Crippen LogP contribution in [0.3, 0.4) is 0 Å². The predicted molar refractivity (Wildman–Crippen MR) is 37.1 cm³/mol. The minimum absolute atomic E-state index is 0.0880. The third kappa shape index (κ3) is 2.49. The molecule has 10 heavy (non-hydrogen) atoms. The Morgan fingerprint density at radius 2 is 2.30 bits per heavy atom. The molecule has 0 unspecified atom stereocenters. The number of aromatic nitrogens is 1. The molecule has 0 aromatic carbocycles. The summed E-state index contributed by atoms with van der Waals surface area (Å²) in [4.78, 5) is 12.9. The van der Waals surface area contributed by atoms with Gasteiger partial charge in [0.1, 0.15) is 6.20 Å². The first-order valence-electron chi connectivity index (χ1n) is 2.17. The van der Waals surface area contributed by atoms with Crippen molar-refractivity contribution >= 4 is 16.3 Å². The molecule has 0 atom stereocenters. The minimum Gasteiger partial charge on any atom is -0.274 e. The van der Waals surface area contributed by atoms with E-state index in [4.69, 9.17) is 0 Å². The van der Waals surface area contributed by atoms with Crippen molar-refractivity contribution in [3.05, 3.63) is 21.8 Å². The second kappa shape index (κ2) is 4.79. The van der Waals surface area contributed by atoms with Crippen LogP contribution in [0.5, 0.6) is 0 Å². The molecular weight excluding hydrogens is 156 g/mol. The second-order valence-corrected chi connectivity index (χ2v) is 1.96. The number of thiazole rings is 1. The zero-order chi connectivity index (χ0) is 7.98. The van der Waals surface area contributed by atoms with Gasteiger partial charge in [0.2, 0.25) is 0 Å². The first-order valence-corrected chi connectivity index (χ1v) is 3.05. The molecule has 0 aliphatic rings. The summed E-state index contributed by atoms with van der Waals surface area (Å²) in [5.74, 6) is 8.00. The van der Waals surface area contributed by atoms with Crippen LogP contribution < -0.4 is 11.7 Å². The lowest BCUT2D eigenvalue weighted by Crippen LogP contribution is -2.02. The number of nitrogens with two attached hydrogens (primary N) is 2. The van der Waals surface area contributed by atoms with Crippen LogP contribution in [0.15, 0.2) is 11.7 Å². The Morgan fingerprint density at radius 3 is 2.50 bits per heavy atom. The van der Waals surface area contributed by atoms with Gasteiger partial charge in [-0.25, -0.2) is 4.98 Å². The van der Waals surface area contributed by atoms with Crippen molar-refractivity contribution in [2.75, 3.05) is 0 Å². The molecule has 1 rings (SSSR count). The van der Waals surface area contributed by atoms with Crippen LogP contribution in [0.2, 0.25) is 0 Å². The van der Waals surface area contributed by atoms with Gasteiger partial charge in [-0.3, -0.25) is 21.8 Å². The van der Waals surface area contributed by atoms with Crippen LogP contribution in [0.1, 0.15) is 0 Å². The van der Waals surface area contributed by atoms with Crippen molar-refractivity contribution in [1.82, 2.24) is 4.98 Å². The van der Waals surface area contributed by atoms with E-state index in [1.807, 2.05) is 0 Å². The second-order valence-electron chi connectivity index (χ2n) is 1.10. The number of hydrogen-bond acceptors (Lipinski definition) is 6. The molecule has 0 saturated heterocycles. The van der Waals surface area contributed by atoms with Gasteiger partial charge in [0.25, 0.3) is 0 Å². The highest BCUT2D eigenvalue weighted by atomic mass is 32.1. The lowest BCUT2D eigenvalue weighted by molar-refractivity contribution is -0.380. The molecule has 4 N–H and O–H groups in total. The highest BCUT2D eigenvalue weighted by Gasteiger charge is 2.03. The summed E-state index contributed by atoms with van der Waals surface area (Å²) in [6, 6.07) is 0. The average molecular weight is 162 g/mol. The summed E-state index contributed by atoms with van der Waals surface area (Å²) >= 11 is 1.02. The molecule has 0 radical (unpaired) electrons. The number of nitro groups is 1. The Balaban J connectivity index is 0.000000371. The van der Waals surface area contributed by atoms with Crippen LogP contribution in [0, 0.1) is 10.1 Å². The Bertz CT molecular complexity index is 186. The molecule has 0 aliphatic carbocycles. The molecule has 1 aromatic rings. The fourth-order valence-electron chi connectivity index (χ4n) is 0.299. The molecular formula is C3H6N4O2S. The molecule has 0 amide bonds. The Labute approximate surface area is 60.6 Å². The smallest absolute Gasteiger partial charge is 0.274 e. The van der Waals surface area contributed by atoms with Crippen molar-refractivity contribution in [3.8, 4) is 0 Å². The van der Waals surface area contributed by atoms with E-state index in [2.05, 4.69) is 16.7 Å². The number of hydrogen-bond donors (Lipinski definition) is 2. The van der Waals surface area contributed by atoms with Crippen molar-refractivity contribution in [1.29, 1.82) is 0 Å². The van der Waals surface area contributed by atoms with Gasteiger partial charge in [0.15, 0.2) is 0 Å². The standard InChI is InChI=1S/C3H2N2O2S.H4N2/c6-5(7)3-1-4-2-8-3;1-2/h1-2H;1-2H2. The van der Waals surface area contributed by atoms with Gasteiger partial charge in [-0.05, 0) is 11.3 Å². The molecule has 7 heteroatoms. The van der Waals surface area contributed by atoms with E-state index >= 15 is 0 Å². The SMILES string of the molecule is NN.O=[N+]([O-])c1cncs1. The van der Waals surface area contributed by atoms with Crippen molar-refractivity contribution in [2.45, 2.75) is 0 Å². The Morgan fingerprint density at radius 1 is 1.70 bits per heavy atom. The molecule has 56 valence electrons. The number of nitrogens with zero attached hydrogens (tertiary/aromatic N) is 2. The highest BCUT2D eigenvalue weighted by molar-refractivity contribution is 7.12. The van der Waals surface area contributed by atoms with Gasteiger partial charge in [0.05, 0.1) is 10.4 Å². The molecule has 1 heterocycles. The first kappa shape index (κ1) is 8.95. The topological polar surface area (TPSA) is 108 Å². The zero-order valence-corrected chi connectivity index (χ0v) is 5.75. The lowest BCUT2D eigenvalue weighted by Gasteiger charge is -1.75. The van der Waals surface area contributed by atoms with Gasteiger partial charge in [-0.15, -0.1) is 0 Å². The molecule has 1 aromatic heterocycles. The average Bonchev–Trinajstić information content (AvgIpc) is 2.42. The predicted octanol–water partition coefficient (Wildman–Crippen LogP) is -0.130. The summed E-state index contributed by atoms with van der Waals surface area (Å²) in [5, 5.41) is 9.93. The van der Waals surface area contributed by atoms with Crippen molar-refractivity contribution < 1.29 is 4.92 Å². The van der Waals surface area contributed by atoms with E-state index in [9.17, 15) is 10.1 Å². The first-order chi connectivity index (χ1) is 4.80. The summed E-state index contributed by atoms with van der Waals surface area (Å²) in [5.41, 5.74) is 1.43. The van der Waals surface area contributed by atoms with E-state index < -0.39 is 4.92 Å². The van der Waals surface area contributed by atoms with E-state index in [0.717, 1.165) is 11.3 Å². The van der Waals surface area contributed by atoms with Crippen LogP contribution in [0.25, 0.3) is 0 Å². The summed E-state index contributed by atoms with van der Waals surface area (Å²) in [7, 11) is 0. The molecule has 0 aliphatic heterocycles. The van der Waals surface area contributed by atoms with E-state index in [1.54, 1.807) is 0 Å². The van der Waals surface area contributed by atoms with E-state index in [-0.39, 0.29) is 5.00 Å². The maximum atomic E-state index is 9.84. The van der Waals surface area contributed by atoms with Gasteiger partial charge >= 0.3 is 5.00 Å². The highest BCUT2D eigenvalue weighted by Crippen LogP contribution is 2.14. The largest absolute Gasteiger partial charge is 0.343 e. The summed E-state index contributed by atoms with van der Waals surface area (Å²) < 4.78 is 0. The molecule has 0 spiro atoms. The van der Waals surface area contributed by atoms with Gasteiger partial charge in [-0.1, -0.05) is 0 Å². The third-order valence-electron chi connectivity index (χ3n) is 0.599.